The van der Waals surface area contributed by atoms with Crippen LogP contribution >= 0.6 is 11.6 Å². The molecule has 0 amide bonds. The maximum Gasteiger partial charge on any atom is 0.339 e. The van der Waals surface area contributed by atoms with Gasteiger partial charge in [-0.25, -0.2) is 9.78 Å². The third kappa shape index (κ3) is 2.54. The minimum absolute atomic E-state index is 0.0539. The van der Waals surface area contributed by atoms with Gasteiger partial charge in [-0.3, -0.25) is 4.68 Å². The van der Waals surface area contributed by atoms with E-state index in [1.807, 2.05) is 0 Å². The van der Waals surface area contributed by atoms with Crippen molar-refractivity contribution in [1.82, 2.24) is 14.8 Å². The number of rotatable bonds is 3. The van der Waals surface area contributed by atoms with Crippen molar-refractivity contribution in [2.45, 2.75) is 0 Å². The second-order valence-corrected chi connectivity index (χ2v) is 3.75. The zero-order valence-corrected chi connectivity index (χ0v) is 9.64. The average molecular weight is 253 g/mol. The normalized spacial score (nSPS) is 10.2. The number of carbonyl (C=O) groups is 1. The summed E-state index contributed by atoms with van der Waals surface area (Å²) in [5.41, 5.74) is 0.697. The molecule has 0 spiro atoms. The van der Waals surface area contributed by atoms with Crippen LogP contribution in [0.4, 0.5) is 11.5 Å². The van der Waals surface area contributed by atoms with Gasteiger partial charge in [-0.05, 0) is 12.1 Å². The number of aromatic nitrogens is 3. The Bertz CT molecular complexity index is 567. The Morgan fingerprint density at radius 1 is 1.53 bits per heavy atom. The van der Waals surface area contributed by atoms with Gasteiger partial charge in [-0.2, -0.15) is 5.10 Å². The van der Waals surface area contributed by atoms with Gasteiger partial charge in [0.1, 0.15) is 16.5 Å². The Hall–Kier alpha value is -2.08. The number of aromatic carboxylic acids is 1. The van der Waals surface area contributed by atoms with E-state index in [1.54, 1.807) is 24.1 Å². The molecule has 0 saturated carbocycles. The fourth-order valence-corrected chi connectivity index (χ4v) is 1.47. The number of pyridine rings is 1. The SMILES string of the molecule is Cn1cc(Nc2nc(Cl)ccc2C(=O)O)cn1. The maximum atomic E-state index is 11.0. The van der Waals surface area contributed by atoms with Gasteiger partial charge in [0.15, 0.2) is 0 Å². The van der Waals surface area contributed by atoms with E-state index < -0.39 is 5.97 Å². The summed E-state index contributed by atoms with van der Waals surface area (Å²) in [6.07, 6.45) is 3.27. The molecule has 0 atom stereocenters. The van der Waals surface area contributed by atoms with Gasteiger partial charge < -0.3 is 10.4 Å². The van der Waals surface area contributed by atoms with Crippen molar-refractivity contribution in [2.75, 3.05) is 5.32 Å². The molecule has 0 radical (unpaired) electrons. The van der Waals surface area contributed by atoms with Crippen molar-refractivity contribution < 1.29 is 9.90 Å². The first-order valence-electron chi connectivity index (χ1n) is 4.72. The van der Waals surface area contributed by atoms with Crippen LogP contribution in [0.25, 0.3) is 0 Å². The number of halogens is 1. The molecule has 0 bridgehead atoms. The van der Waals surface area contributed by atoms with Crippen LogP contribution in [0.2, 0.25) is 5.15 Å². The Balaban J connectivity index is 2.37. The van der Waals surface area contributed by atoms with Crippen molar-refractivity contribution in [3.63, 3.8) is 0 Å². The molecular weight excluding hydrogens is 244 g/mol. The molecule has 2 aromatic heterocycles. The summed E-state index contributed by atoms with van der Waals surface area (Å²) in [6, 6.07) is 2.83. The summed E-state index contributed by atoms with van der Waals surface area (Å²) >= 11 is 5.73. The maximum absolute atomic E-state index is 11.0. The van der Waals surface area contributed by atoms with Gasteiger partial charge >= 0.3 is 5.97 Å². The second kappa shape index (κ2) is 4.42. The lowest BCUT2D eigenvalue weighted by molar-refractivity contribution is 0.0697. The molecule has 0 aromatic carbocycles. The summed E-state index contributed by atoms with van der Waals surface area (Å²) in [5, 5.41) is 16.0. The Morgan fingerprint density at radius 3 is 2.88 bits per heavy atom. The smallest absolute Gasteiger partial charge is 0.339 e. The number of hydrogen-bond donors (Lipinski definition) is 2. The number of carboxylic acids is 1. The van der Waals surface area contributed by atoms with E-state index in [9.17, 15) is 4.79 Å². The molecule has 0 fully saturated rings. The van der Waals surface area contributed by atoms with Crippen LogP contribution in [0, 0.1) is 0 Å². The molecule has 2 N–H and O–H groups in total. The van der Waals surface area contributed by atoms with Crippen LogP contribution in [0.3, 0.4) is 0 Å². The van der Waals surface area contributed by atoms with Crippen molar-refractivity contribution in [1.29, 1.82) is 0 Å². The molecule has 0 aliphatic heterocycles. The highest BCUT2D eigenvalue weighted by atomic mass is 35.5. The van der Waals surface area contributed by atoms with Crippen molar-refractivity contribution >= 4 is 29.1 Å². The fourth-order valence-electron chi connectivity index (χ4n) is 1.33. The van der Waals surface area contributed by atoms with Crippen LogP contribution in [0.5, 0.6) is 0 Å². The van der Waals surface area contributed by atoms with Crippen LogP contribution in [-0.2, 0) is 7.05 Å². The van der Waals surface area contributed by atoms with Gasteiger partial charge in [0.25, 0.3) is 0 Å². The molecule has 2 rings (SSSR count). The van der Waals surface area contributed by atoms with Crippen LogP contribution in [0.15, 0.2) is 24.5 Å². The van der Waals surface area contributed by atoms with E-state index in [2.05, 4.69) is 15.4 Å². The number of nitrogens with one attached hydrogen (secondary N) is 1. The predicted octanol–water partition coefficient (Wildman–Crippen LogP) is 1.91. The third-order valence-corrected chi connectivity index (χ3v) is 2.27. The number of aryl methyl sites for hydroxylation is 1. The highest BCUT2D eigenvalue weighted by Crippen LogP contribution is 2.20. The first-order chi connectivity index (χ1) is 8.06. The van der Waals surface area contributed by atoms with E-state index in [0.717, 1.165) is 0 Å². The number of carboxylic acid groups (broad SMARTS) is 1. The number of hydrogen-bond acceptors (Lipinski definition) is 4. The van der Waals surface area contributed by atoms with E-state index in [1.165, 1.54) is 12.1 Å². The minimum Gasteiger partial charge on any atom is -0.478 e. The summed E-state index contributed by atoms with van der Waals surface area (Å²) < 4.78 is 1.59. The van der Waals surface area contributed by atoms with Crippen LogP contribution < -0.4 is 5.32 Å². The highest BCUT2D eigenvalue weighted by molar-refractivity contribution is 6.29. The first kappa shape index (κ1) is 11.4. The van der Waals surface area contributed by atoms with Gasteiger partial charge in [0.05, 0.1) is 11.9 Å². The summed E-state index contributed by atoms with van der Waals surface area (Å²) in [7, 11) is 1.76. The fraction of sp³-hybridized carbons (Fsp3) is 0.100. The molecule has 7 heteroatoms. The van der Waals surface area contributed by atoms with Crippen molar-refractivity contribution in [2.24, 2.45) is 7.05 Å². The van der Waals surface area contributed by atoms with E-state index >= 15 is 0 Å². The van der Waals surface area contributed by atoms with Gasteiger partial charge in [-0.15, -0.1) is 0 Å². The van der Waals surface area contributed by atoms with Gasteiger partial charge in [-0.1, -0.05) is 11.6 Å². The van der Waals surface area contributed by atoms with E-state index in [-0.39, 0.29) is 16.5 Å². The van der Waals surface area contributed by atoms with Gasteiger partial charge in [0, 0.05) is 13.2 Å². The monoisotopic (exact) mass is 252 g/mol. The quantitative estimate of drug-likeness (QED) is 0.816. The summed E-state index contributed by atoms with van der Waals surface area (Å²) in [5.74, 6) is -0.876. The molecule has 0 saturated heterocycles. The molecule has 2 aromatic rings. The highest BCUT2D eigenvalue weighted by Gasteiger charge is 2.12. The zero-order valence-electron chi connectivity index (χ0n) is 8.88. The number of nitrogens with zero attached hydrogens (tertiary/aromatic N) is 3. The molecule has 0 aliphatic rings. The van der Waals surface area contributed by atoms with Crippen LogP contribution in [0.1, 0.15) is 10.4 Å². The molecule has 17 heavy (non-hydrogen) atoms. The predicted molar refractivity (Wildman–Crippen MR) is 62.7 cm³/mol. The van der Waals surface area contributed by atoms with E-state index in [0.29, 0.717) is 5.69 Å². The molecule has 2 heterocycles. The second-order valence-electron chi connectivity index (χ2n) is 3.36. The Kier molecular flexibility index (Phi) is 2.97. The largest absolute Gasteiger partial charge is 0.478 e. The Labute approximate surface area is 102 Å². The lowest BCUT2D eigenvalue weighted by Crippen LogP contribution is -2.04. The first-order valence-corrected chi connectivity index (χ1v) is 5.09. The lowest BCUT2D eigenvalue weighted by Gasteiger charge is -2.06. The molecule has 88 valence electrons. The summed E-state index contributed by atoms with van der Waals surface area (Å²) in [4.78, 5) is 14.9. The van der Waals surface area contributed by atoms with Crippen LogP contribution in [-0.4, -0.2) is 25.8 Å². The van der Waals surface area contributed by atoms with Gasteiger partial charge in [0.2, 0.25) is 0 Å². The molecule has 6 nitrogen and oxygen atoms in total. The average Bonchev–Trinajstić information content (AvgIpc) is 2.63. The molecule has 0 aliphatic carbocycles. The summed E-state index contributed by atoms with van der Waals surface area (Å²) in [6.45, 7) is 0. The minimum atomic E-state index is -1.07. The van der Waals surface area contributed by atoms with Crippen molar-refractivity contribution in [3.05, 3.63) is 35.2 Å². The topological polar surface area (TPSA) is 80.0 Å². The number of anilines is 2. The Morgan fingerprint density at radius 2 is 2.29 bits per heavy atom. The third-order valence-electron chi connectivity index (χ3n) is 2.06. The molecular formula is C10H9ClN4O2. The lowest BCUT2D eigenvalue weighted by atomic mass is 10.2. The molecule has 0 unspecified atom stereocenters. The van der Waals surface area contributed by atoms with E-state index in [4.69, 9.17) is 16.7 Å². The standard InChI is InChI=1S/C10H9ClN4O2/c1-15-5-6(4-12-15)13-9-7(10(16)17)2-3-8(11)14-9/h2-5H,1H3,(H,13,14)(H,16,17). The van der Waals surface area contributed by atoms with Crippen molar-refractivity contribution in [3.8, 4) is 0 Å². The zero-order chi connectivity index (χ0) is 12.4.